The van der Waals surface area contributed by atoms with Crippen LogP contribution in [0.5, 0.6) is 0 Å². The van der Waals surface area contributed by atoms with Gasteiger partial charge in [-0.15, -0.1) is 30.6 Å². The van der Waals surface area contributed by atoms with E-state index < -0.39 is 169 Å². The van der Waals surface area contributed by atoms with E-state index in [-0.39, 0.29) is 67.6 Å². The Hall–Kier alpha value is -5.26. The normalized spacial score (nSPS) is 20.4. The fourth-order valence-electron chi connectivity index (χ4n) is 16.0. The van der Waals surface area contributed by atoms with Gasteiger partial charge in [0.2, 0.25) is 32.9 Å². The van der Waals surface area contributed by atoms with Gasteiger partial charge in [-0.25, -0.2) is 19.5 Å². The lowest BCUT2D eigenvalue weighted by atomic mass is 9.54. The molecule has 0 bridgehead atoms. The van der Waals surface area contributed by atoms with Crippen LogP contribution in [0.4, 0.5) is 15.4 Å². The van der Waals surface area contributed by atoms with Gasteiger partial charge in [-0.3, -0.25) is 41.7 Å². The first kappa shape index (κ1) is 94.6. The summed E-state index contributed by atoms with van der Waals surface area (Å²) < 4.78 is 58.8. The van der Waals surface area contributed by atoms with Crippen LogP contribution in [0.15, 0.2) is 0 Å². The van der Waals surface area contributed by atoms with Crippen molar-refractivity contribution in [3.8, 4) is 0 Å². The number of phosphoric ester groups is 1. The number of nitrogens with one attached hydrogen (secondary N) is 3. The maximum absolute atomic E-state index is 16.9. The maximum Gasteiger partial charge on any atom is 0.480 e. The molecule has 3 fully saturated rings. The number of piperidine rings is 3. The minimum atomic E-state index is -5.40. The molecule has 9 rings (SSSR count). The van der Waals surface area contributed by atoms with Gasteiger partial charge in [-0.2, -0.15) is 0 Å². The van der Waals surface area contributed by atoms with Crippen LogP contribution in [0, 0.1) is 32.5 Å². The Morgan fingerprint density at radius 3 is 0.845 bits per heavy atom. The molecule has 3 aliphatic heterocycles. The minimum absolute atomic E-state index is 0.0679. The van der Waals surface area contributed by atoms with Crippen LogP contribution in [0.3, 0.4) is 0 Å². The SMILES string of the molecule is CO[C@H]1CN(c2nnc([C@@H](O)CO)s2)CC[C@H]1NC(=O)c1nc(C(C)(C(C)(C)C)C(C)(C)C)c(Cl)n1COP(=O)(OCn1c(C(=O)N[C@@H]2CCN(c3nnc([C@@H](O)CO)s3)C[C@@H]2OC)nc(C(C)(C(C)(C)C)C(C)(C)C)c1Cl)OCn1c(C(=O)N[C@@H]2CCN(c3nnc([C@@H](O)CO)s3)C[C@@H]2OC)nc(C(C)(C(C)(C)C)C(C)(C)C)c1Cl. The molecule has 9 heterocycles. The highest BCUT2D eigenvalue weighted by atomic mass is 35.5. The van der Waals surface area contributed by atoms with Crippen LogP contribution < -0.4 is 30.7 Å². The van der Waals surface area contributed by atoms with E-state index in [1.807, 2.05) is 160 Å². The molecule has 116 heavy (non-hydrogen) atoms. The number of amides is 3. The molecule has 9 N–H and O–H groups in total. The molecule has 3 saturated heterocycles. The van der Waals surface area contributed by atoms with Gasteiger partial charge in [-0.05, 0) is 51.8 Å². The number of hydrogen-bond acceptors (Lipinski definition) is 31. The van der Waals surface area contributed by atoms with E-state index >= 15 is 18.9 Å². The van der Waals surface area contributed by atoms with E-state index in [0.29, 0.717) is 71.4 Å². The van der Waals surface area contributed by atoms with E-state index in [9.17, 15) is 30.6 Å². The lowest BCUT2D eigenvalue weighted by Gasteiger charge is -2.50. The van der Waals surface area contributed by atoms with Crippen LogP contribution in [-0.2, 0) is 68.8 Å². The van der Waals surface area contributed by atoms with Crippen molar-refractivity contribution in [1.29, 1.82) is 0 Å². The molecule has 0 radical (unpaired) electrons. The van der Waals surface area contributed by atoms with Crippen LogP contribution in [0.2, 0.25) is 15.5 Å². The number of aliphatic hydroxyl groups excluding tert-OH is 6. The van der Waals surface area contributed by atoms with Crippen LogP contribution in [0.1, 0.15) is 247 Å². The Balaban J connectivity index is 1.17. The van der Waals surface area contributed by atoms with Crippen LogP contribution >= 0.6 is 76.6 Å². The summed E-state index contributed by atoms with van der Waals surface area (Å²) in [4.78, 5) is 67.8. The number of hydrogen-bond donors (Lipinski definition) is 9. The lowest BCUT2D eigenvalue weighted by Crippen LogP contribution is -2.55. The van der Waals surface area contributed by atoms with E-state index in [1.165, 1.54) is 35.0 Å². The Kier molecular flexibility index (Phi) is 29.4. The molecule has 0 spiro atoms. The van der Waals surface area contributed by atoms with Gasteiger partial charge in [0.25, 0.3) is 17.7 Å². The molecule has 0 aliphatic carbocycles. The van der Waals surface area contributed by atoms with Crippen molar-refractivity contribution in [3.05, 3.63) is 65.0 Å². The number of carbonyl (C=O) groups excluding carboxylic acids is 3. The Morgan fingerprint density at radius 2 is 0.647 bits per heavy atom. The summed E-state index contributed by atoms with van der Waals surface area (Å²) in [5.41, 5.74) is -5.61. The number of imidazole rings is 3. The number of rotatable bonds is 30. The number of carbonyl (C=O) groups is 3. The van der Waals surface area contributed by atoms with E-state index in [0.717, 1.165) is 34.0 Å². The molecule has 3 amide bonds. The fraction of sp³-hybridized carbons (Fsp3) is 0.760. The third-order valence-electron chi connectivity index (χ3n) is 24.8. The molecule has 650 valence electrons. The van der Waals surface area contributed by atoms with E-state index in [2.05, 4.69) is 46.5 Å². The second kappa shape index (κ2) is 36.0. The highest BCUT2D eigenvalue weighted by Gasteiger charge is 2.56. The quantitative estimate of drug-likeness (QED) is 0.0189. The summed E-state index contributed by atoms with van der Waals surface area (Å²) in [6.07, 6.45) is -4.66. The van der Waals surface area contributed by atoms with Crippen molar-refractivity contribution in [2.75, 3.05) is 95.1 Å². The monoisotopic (exact) mass is 1760 g/mol. The van der Waals surface area contributed by atoms with Crippen molar-refractivity contribution < 1.29 is 77.4 Å². The van der Waals surface area contributed by atoms with Gasteiger partial charge >= 0.3 is 7.82 Å². The molecule has 34 nitrogen and oxygen atoms in total. The standard InChI is InChI=1S/C75H120Cl3N18O16PS3/c1-67(2,3)73(19,68(4,5)6)49-52(76)94(55(82-49)58(103)79-40-25-28-91(31-46(40)107-22)64-88-85-61(114-64)43(100)34-97)37-110-113(106,111-38-95-53(77)50(74(20,69(7,8)9)70(10,11)12)83-56(95)59(104)80-41-26-29-92(32-47(41)108-23)65-89-86-62(115-65)44(101)35-98)112-39-96-54(78)51(75(21,71(13,14)15)72(16,17)18)84-57(96)60(105)81-42-27-30-93(33-48(42)109-24)66-90-87-63(116-66)45(102)36-99/h40-48,97-102H,25-39H2,1-24H3,(H,79,103)(H,80,104)(H,81,105)/t40-,41-,42-,43+,44+,45+,46+,47+,48+/m1/s1. The first-order chi connectivity index (χ1) is 53.7. The summed E-state index contributed by atoms with van der Waals surface area (Å²) in [6, 6.07) is -1.96. The summed E-state index contributed by atoms with van der Waals surface area (Å²) in [5.74, 6) is -2.97. The minimum Gasteiger partial charge on any atom is -0.393 e. The average molecular weight is 1760 g/mol. The first-order valence-corrected chi connectivity index (χ1v) is 43.7. The second-order valence-corrected chi connectivity index (χ2v) is 42.4. The Bertz CT molecular complexity index is 3980. The number of ether oxygens (including phenoxy) is 3. The van der Waals surface area contributed by atoms with Crippen molar-refractivity contribution in [3.63, 3.8) is 0 Å². The molecule has 6 aromatic rings. The largest absolute Gasteiger partial charge is 0.480 e. The summed E-state index contributed by atoms with van der Waals surface area (Å²) in [7, 11) is -0.867. The third kappa shape index (κ3) is 18.9. The highest BCUT2D eigenvalue weighted by molar-refractivity contribution is 7.48. The number of methoxy groups -OCH3 is 3. The molecule has 41 heteroatoms. The van der Waals surface area contributed by atoms with E-state index in [4.69, 9.17) is 77.5 Å². The molecule has 6 aromatic heterocycles. The molecule has 3 aliphatic rings. The third-order valence-corrected chi connectivity index (χ3v) is 30.5. The molecular weight excluding hydrogens is 1640 g/mol. The molecule has 9 atom stereocenters. The zero-order chi connectivity index (χ0) is 86.5. The summed E-state index contributed by atoms with van der Waals surface area (Å²) in [5, 5.41) is 96.5. The smallest absolute Gasteiger partial charge is 0.393 e. The number of halogens is 3. The molecule has 0 aromatic carbocycles. The predicted molar refractivity (Wildman–Crippen MR) is 444 cm³/mol. The van der Waals surface area contributed by atoms with Crippen LogP contribution in [0.25, 0.3) is 0 Å². The lowest BCUT2D eigenvalue weighted by molar-refractivity contribution is 0.0452. The van der Waals surface area contributed by atoms with Gasteiger partial charge in [-0.1, -0.05) is 214 Å². The molecular formula is C75H120Cl3N18O16PS3. The highest BCUT2D eigenvalue weighted by Crippen LogP contribution is 2.59. The Morgan fingerprint density at radius 1 is 0.422 bits per heavy atom. The van der Waals surface area contributed by atoms with Crippen molar-refractivity contribution in [2.24, 2.45) is 32.5 Å². The second-order valence-electron chi connectivity index (χ2n) is 36.7. The average Bonchev–Trinajstić information content (AvgIpc) is 1.47. The molecule has 0 saturated carbocycles. The number of aliphatic hydroxyl groups is 6. The number of aromatic nitrogens is 12. The summed E-state index contributed by atoms with van der Waals surface area (Å²) >= 11 is 26.6. The first-order valence-electron chi connectivity index (χ1n) is 38.7. The van der Waals surface area contributed by atoms with Gasteiger partial charge in [0, 0.05) is 76.8 Å². The number of anilines is 3. The zero-order valence-electron chi connectivity index (χ0n) is 71.1. The zero-order valence-corrected chi connectivity index (χ0v) is 76.7. The summed E-state index contributed by atoms with van der Waals surface area (Å²) in [6.45, 7) is 40.2. The fourth-order valence-corrected chi connectivity index (χ4v) is 20.7. The van der Waals surface area contributed by atoms with Crippen molar-refractivity contribution in [1.82, 2.24) is 75.2 Å². The topological polar surface area (TPSA) is 422 Å². The maximum atomic E-state index is 16.9. The van der Waals surface area contributed by atoms with Crippen LogP contribution in [-0.4, -0.2) is 224 Å². The van der Waals surface area contributed by atoms with Gasteiger partial charge < -0.3 is 75.5 Å². The Labute approximate surface area is 706 Å². The number of nitrogens with zero attached hydrogens (tertiary/aromatic N) is 15. The van der Waals surface area contributed by atoms with Gasteiger partial charge in [0.05, 0.1) is 73.3 Å². The number of phosphoric acid groups is 1. The van der Waals surface area contributed by atoms with E-state index in [1.54, 1.807) is 0 Å². The predicted octanol–water partition coefficient (Wildman–Crippen LogP) is 10.4. The van der Waals surface area contributed by atoms with Crippen molar-refractivity contribution >= 4 is 110 Å². The molecule has 0 unspecified atom stereocenters. The van der Waals surface area contributed by atoms with Gasteiger partial charge in [0.1, 0.15) is 69.0 Å². The van der Waals surface area contributed by atoms with Gasteiger partial charge in [0.15, 0.2) is 0 Å². The van der Waals surface area contributed by atoms with Crippen molar-refractivity contribution in [2.45, 2.75) is 256 Å².